The lowest BCUT2D eigenvalue weighted by Gasteiger charge is -2.20. The van der Waals surface area contributed by atoms with Crippen molar-refractivity contribution < 1.29 is 0 Å². The van der Waals surface area contributed by atoms with Crippen LogP contribution in [-0.2, 0) is 13.5 Å². The van der Waals surface area contributed by atoms with E-state index in [0.29, 0.717) is 0 Å². The Bertz CT molecular complexity index is 276. The Balaban J connectivity index is 2.46. The molecule has 1 aromatic rings. The molecule has 80 valence electrons. The molecule has 0 aliphatic rings. The lowest BCUT2D eigenvalue weighted by Crippen LogP contribution is -2.37. The third-order valence-electron chi connectivity index (χ3n) is 2.15. The van der Waals surface area contributed by atoms with E-state index in [0.717, 1.165) is 18.7 Å². The van der Waals surface area contributed by atoms with Crippen molar-refractivity contribution in [3.8, 4) is 0 Å². The Morgan fingerprint density at radius 2 is 2.00 bits per heavy atom. The van der Waals surface area contributed by atoms with Gasteiger partial charge in [0.2, 0.25) is 0 Å². The van der Waals surface area contributed by atoms with Gasteiger partial charge in [0.25, 0.3) is 0 Å². The predicted molar refractivity (Wildman–Crippen MR) is 57.2 cm³/mol. The molecule has 1 rings (SSSR count). The summed E-state index contributed by atoms with van der Waals surface area (Å²) >= 11 is 0. The minimum Gasteiger partial charge on any atom is -0.312 e. The summed E-state index contributed by atoms with van der Waals surface area (Å²) in [5, 5.41) is 11.4. The van der Waals surface area contributed by atoms with Gasteiger partial charge in [-0.1, -0.05) is 5.21 Å². The first-order valence-electron chi connectivity index (χ1n) is 5.00. The molecule has 4 heteroatoms. The fourth-order valence-electron chi connectivity index (χ4n) is 1.38. The maximum Gasteiger partial charge on any atom is 0.0828 e. The van der Waals surface area contributed by atoms with Gasteiger partial charge in [0.15, 0.2) is 0 Å². The molecule has 4 nitrogen and oxygen atoms in total. The van der Waals surface area contributed by atoms with Crippen LogP contribution in [0.5, 0.6) is 0 Å². The first-order chi connectivity index (χ1) is 6.40. The minimum absolute atomic E-state index is 0.180. The van der Waals surface area contributed by atoms with Crippen LogP contribution < -0.4 is 5.32 Å². The highest BCUT2D eigenvalue weighted by molar-refractivity contribution is 5.07. The van der Waals surface area contributed by atoms with Gasteiger partial charge in [0, 0.05) is 25.6 Å². The number of hydrogen-bond donors (Lipinski definition) is 1. The molecule has 0 radical (unpaired) electrons. The Morgan fingerprint density at radius 1 is 1.36 bits per heavy atom. The molecule has 0 aromatic carbocycles. The second kappa shape index (κ2) is 4.09. The van der Waals surface area contributed by atoms with Crippen molar-refractivity contribution in [2.75, 3.05) is 6.54 Å². The van der Waals surface area contributed by atoms with Gasteiger partial charge in [-0.2, -0.15) is 0 Å². The molecule has 1 heterocycles. The summed E-state index contributed by atoms with van der Waals surface area (Å²) in [4.78, 5) is 0. The van der Waals surface area contributed by atoms with Gasteiger partial charge in [0.1, 0.15) is 0 Å². The molecule has 0 aliphatic carbocycles. The van der Waals surface area contributed by atoms with Crippen LogP contribution in [0.3, 0.4) is 0 Å². The number of aromatic nitrogens is 3. The van der Waals surface area contributed by atoms with Crippen molar-refractivity contribution >= 4 is 0 Å². The van der Waals surface area contributed by atoms with E-state index in [1.807, 2.05) is 18.7 Å². The van der Waals surface area contributed by atoms with E-state index in [9.17, 15) is 0 Å². The monoisotopic (exact) mass is 196 g/mol. The van der Waals surface area contributed by atoms with Crippen LogP contribution in [0.4, 0.5) is 0 Å². The Morgan fingerprint density at radius 3 is 2.43 bits per heavy atom. The van der Waals surface area contributed by atoms with Crippen LogP contribution >= 0.6 is 0 Å². The summed E-state index contributed by atoms with van der Waals surface area (Å²) in [6.45, 7) is 9.47. The largest absolute Gasteiger partial charge is 0.312 e. The van der Waals surface area contributed by atoms with Gasteiger partial charge < -0.3 is 5.32 Å². The Labute approximate surface area is 85.7 Å². The maximum absolute atomic E-state index is 4.02. The molecule has 0 unspecified atom stereocenters. The van der Waals surface area contributed by atoms with E-state index >= 15 is 0 Å². The van der Waals surface area contributed by atoms with Crippen LogP contribution in [0.15, 0.2) is 0 Å². The first kappa shape index (κ1) is 11.2. The standard InChI is InChI=1S/C10H20N4/c1-8-9(14(5)13-12-8)6-7-11-10(2,3)4/h11H,6-7H2,1-5H3. The molecule has 0 fully saturated rings. The number of aryl methyl sites for hydroxylation is 2. The molecular weight excluding hydrogens is 176 g/mol. The van der Waals surface area contributed by atoms with Gasteiger partial charge in [-0.3, -0.25) is 4.68 Å². The molecule has 0 bridgehead atoms. The van der Waals surface area contributed by atoms with Crippen molar-refractivity contribution in [3.63, 3.8) is 0 Å². The van der Waals surface area contributed by atoms with Gasteiger partial charge in [-0.05, 0) is 27.7 Å². The van der Waals surface area contributed by atoms with Crippen molar-refractivity contribution in [1.82, 2.24) is 20.3 Å². The zero-order valence-corrected chi connectivity index (χ0v) is 9.76. The smallest absolute Gasteiger partial charge is 0.0828 e. The number of rotatable bonds is 3. The lowest BCUT2D eigenvalue weighted by atomic mass is 10.1. The Kier molecular flexibility index (Phi) is 3.26. The predicted octanol–water partition coefficient (Wildman–Crippen LogP) is 1.05. The van der Waals surface area contributed by atoms with Crippen LogP contribution in [0.1, 0.15) is 32.2 Å². The number of nitrogens with one attached hydrogen (secondary N) is 1. The summed E-state index contributed by atoms with van der Waals surface area (Å²) in [6, 6.07) is 0. The first-order valence-corrected chi connectivity index (χ1v) is 5.00. The van der Waals surface area contributed by atoms with Gasteiger partial charge in [-0.25, -0.2) is 0 Å². The van der Waals surface area contributed by atoms with E-state index in [2.05, 4.69) is 36.4 Å². The molecule has 1 N–H and O–H groups in total. The molecular formula is C10H20N4. The van der Waals surface area contributed by atoms with E-state index < -0.39 is 0 Å². The molecule has 14 heavy (non-hydrogen) atoms. The second-order valence-corrected chi connectivity index (χ2v) is 4.67. The van der Waals surface area contributed by atoms with Gasteiger partial charge >= 0.3 is 0 Å². The molecule has 0 aliphatic heterocycles. The molecule has 0 amide bonds. The lowest BCUT2D eigenvalue weighted by molar-refractivity contribution is 0.426. The molecule has 0 saturated carbocycles. The number of nitrogens with zero attached hydrogens (tertiary/aromatic N) is 3. The summed E-state index contributed by atoms with van der Waals surface area (Å²) in [7, 11) is 1.94. The quantitative estimate of drug-likeness (QED) is 0.786. The zero-order chi connectivity index (χ0) is 10.8. The van der Waals surface area contributed by atoms with Crippen molar-refractivity contribution in [1.29, 1.82) is 0 Å². The van der Waals surface area contributed by atoms with E-state index in [4.69, 9.17) is 0 Å². The van der Waals surface area contributed by atoms with Crippen molar-refractivity contribution in [3.05, 3.63) is 11.4 Å². The third kappa shape index (κ3) is 3.10. The normalized spacial score (nSPS) is 12.1. The van der Waals surface area contributed by atoms with Crippen LogP contribution in [-0.4, -0.2) is 27.1 Å². The van der Waals surface area contributed by atoms with Crippen LogP contribution in [0.2, 0.25) is 0 Å². The van der Waals surface area contributed by atoms with Crippen LogP contribution in [0.25, 0.3) is 0 Å². The fourth-order valence-corrected chi connectivity index (χ4v) is 1.38. The van der Waals surface area contributed by atoms with Crippen molar-refractivity contribution in [2.45, 2.75) is 39.7 Å². The minimum atomic E-state index is 0.180. The summed E-state index contributed by atoms with van der Waals surface area (Å²) < 4.78 is 1.85. The average molecular weight is 196 g/mol. The summed E-state index contributed by atoms with van der Waals surface area (Å²) in [5.41, 5.74) is 2.42. The second-order valence-electron chi connectivity index (χ2n) is 4.67. The highest BCUT2D eigenvalue weighted by atomic mass is 15.4. The highest BCUT2D eigenvalue weighted by Crippen LogP contribution is 2.04. The molecule has 0 atom stereocenters. The fraction of sp³-hybridized carbons (Fsp3) is 0.800. The zero-order valence-electron chi connectivity index (χ0n) is 9.76. The average Bonchev–Trinajstić information content (AvgIpc) is 2.33. The summed E-state index contributed by atoms with van der Waals surface area (Å²) in [6.07, 6.45) is 0.979. The molecule has 0 saturated heterocycles. The molecule has 0 spiro atoms. The maximum atomic E-state index is 4.02. The van der Waals surface area contributed by atoms with E-state index in [1.165, 1.54) is 5.69 Å². The van der Waals surface area contributed by atoms with Crippen LogP contribution in [0, 0.1) is 6.92 Å². The van der Waals surface area contributed by atoms with E-state index in [1.54, 1.807) is 0 Å². The molecule has 1 aromatic heterocycles. The van der Waals surface area contributed by atoms with Gasteiger partial charge in [0.05, 0.1) is 11.4 Å². The third-order valence-corrected chi connectivity index (χ3v) is 2.15. The topological polar surface area (TPSA) is 42.7 Å². The highest BCUT2D eigenvalue weighted by Gasteiger charge is 2.10. The Hall–Kier alpha value is -0.900. The van der Waals surface area contributed by atoms with E-state index in [-0.39, 0.29) is 5.54 Å². The van der Waals surface area contributed by atoms with Crippen molar-refractivity contribution in [2.24, 2.45) is 7.05 Å². The summed E-state index contributed by atoms with van der Waals surface area (Å²) in [5.74, 6) is 0. The SMILES string of the molecule is Cc1nnn(C)c1CCNC(C)(C)C. The number of hydrogen-bond acceptors (Lipinski definition) is 3. The van der Waals surface area contributed by atoms with Gasteiger partial charge in [-0.15, -0.1) is 5.10 Å².